The molecule has 2 unspecified atom stereocenters. The Morgan fingerprint density at radius 1 is 0.897 bits per heavy atom. The molecule has 1 aromatic carbocycles. The minimum atomic E-state index is -0.421. The highest BCUT2D eigenvalue weighted by atomic mass is 32.1. The molecule has 3 aliphatic rings. The summed E-state index contributed by atoms with van der Waals surface area (Å²) in [5.74, 6) is 3.22. The molecule has 3 aliphatic carbocycles. The predicted octanol–water partition coefficient (Wildman–Crippen LogP) is 6.96. The lowest BCUT2D eigenvalue weighted by molar-refractivity contribution is -0.156. The highest BCUT2D eigenvalue weighted by Crippen LogP contribution is 2.48. The molecular weight excluding hydrogens is 508 g/mol. The van der Waals surface area contributed by atoms with Gasteiger partial charge in [0.05, 0.1) is 12.5 Å². The number of ether oxygens (including phenoxy) is 2. The van der Waals surface area contributed by atoms with Gasteiger partial charge in [-0.2, -0.15) is 0 Å². The van der Waals surface area contributed by atoms with Crippen LogP contribution in [0.2, 0.25) is 0 Å². The molecule has 3 saturated carbocycles. The smallest absolute Gasteiger partial charge is 0.306 e. The lowest BCUT2D eigenvalue weighted by Crippen LogP contribution is -2.26. The third-order valence-electron chi connectivity index (χ3n) is 9.11. The standard InChI is InChI=1S/C32H44N2O4S/c1-32(2,3)38-31(36)16-20-5-7-22(8-6-20)23-9-11-24(12-10-23)28(35)19-30-34-33-29(39-30)15-21-13-25-17-27(37-4)18-26(25)14-21/h9-12,20-22,25-27H,5-8,13-19H2,1-4H3/t20?,21?,22?,25-,26+,27?. The predicted molar refractivity (Wildman–Crippen MR) is 153 cm³/mol. The van der Waals surface area contributed by atoms with Crippen molar-refractivity contribution in [3.05, 3.63) is 45.4 Å². The minimum absolute atomic E-state index is 0.0853. The molecule has 0 spiro atoms. The summed E-state index contributed by atoms with van der Waals surface area (Å²) >= 11 is 1.61. The molecule has 6 nitrogen and oxygen atoms in total. The van der Waals surface area contributed by atoms with Gasteiger partial charge in [0, 0.05) is 25.5 Å². The van der Waals surface area contributed by atoms with Gasteiger partial charge in [0.15, 0.2) is 5.78 Å². The van der Waals surface area contributed by atoms with E-state index in [0.29, 0.717) is 36.7 Å². The van der Waals surface area contributed by atoms with Gasteiger partial charge in [0.1, 0.15) is 15.6 Å². The molecule has 5 rings (SSSR count). The van der Waals surface area contributed by atoms with Crippen LogP contribution in [0.25, 0.3) is 0 Å². The fourth-order valence-electron chi connectivity index (χ4n) is 7.23. The summed E-state index contributed by atoms with van der Waals surface area (Å²) in [6, 6.07) is 8.17. The Kier molecular flexibility index (Phi) is 8.87. The third-order valence-corrected chi connectivity index (χ3v) is 10.1. The van der Waals surface area contributed by atoms with Crippen molar-refractivity contribution in [3.63, 3.8) is 0 Å². The molecule has 1 heterocycles. The highest BCUT2D eigenvalue weighted by molar-refractivity contribution is 7.11. The first-order valence-electron chi connectivity index (χ1n) is 14.8. The Balaban J connectivity index is 1.06. The van der Waals surface area contributed by atoms with E-state index in [2.05, 4.69) is 22.3 Å². The lowest BCUT2D eigenvalue weighted by atomic mass is 9.77. The average Bonchev–Trinajstić information content (AvgIpc) is 3.59. The zero-order valence-electron chi connectivity index (χ0n) is 24.0. The maximum atomic E-state index is 13.0. The van der Waals surface area contributed by atoms with Crippen molar-refractivity contribution in [2.45, 2.75) is 109 Å². The fourth-order valence-corrected chi connectivity index (χ4v) is 8.19. The zero-order valence-corrected chi connectivity index (χ0v) is 24.8. The molecule has 0 N–H and O–H groups in total. The van der Waals surface area contributed by atoms with Crippen molar-refractivity contribution in [1.82, 2.24) is 10.2 Å². The maximum absolute atomic E-state index is 13.0. The van der Waals surface area contributed by atoms with Crippen molar-refractivity contribution in [1.29, 1.82) is 0 Å². The number of esters is 1. The number of hydrogen-bond acceptors (Lipinski definition) is 7. The van der Waals surface area contributed by atoms with Gasteiger partial charge in [-0.3, -0.25) is 9.59 Å². The van der Waals surface area contributed by atoms with Crippen molar-refractivity contribution in [2.75, 3.05) is 7.11 Å². The number of ketones is 1. The lowest BCUT2D eigenvalue weighted by Gasteiger charge is -2.29. The summed E-state index contributed by atoms with van der Waals surface area (Å²) in [5.41, 5.74) is 1.61. The first-order chi connectivity index (χ1) is 18.6. The van der Waals surface area contributed by atoms with Crippen molar-refractivity contribution in [2.24, 2.45) is 23.7 Å². The Hall–Kier alpha value is -2.12. The molecule has 39 heavy (non-hydrogen) atoms. The van der Waals surface area contributed by atoms with Crippen LogP contribution in [-0.4, -0.2) is 40.8 Å². The Morgan fingerprint density at radius 3 is 2.15 bits per heavy atom. The van der Waals surface area contributed by atoms with E-state index in [4.69, 9.17) is 9.47 Å². The number of fused-ring (bicyclic) bond motifs is 1. The van der Waals surface area contributed by atoms with E-state index in [-0.39, 0.29) is 11.8 Å². The summed E-state index contributed by atoms with van der Waals surface area (Å²) in [5, 5.41) is 10.7. The molecule has 0 radical (unpaired) electrons. The number of carbonyl (C=O) groups excluding carboxylic acids is 2. The van der Waals surface area contributed by atoms with E-state index >= 15 is 0 Å². The number of benzene rings is 1. The SMILES string of the molecule is COC1C[C@H]2CC(Cc3nnc(CC(=O)c4ccc(C5CCC(CC(=O)OC(C)(C)C)CC5)cc4)s3)C[C@H]2C1. The highest BCUT2D eigenvalue weighted by Gasteiger charge is 2.41. The summed E-state index contributed by atoms with van der Waals surface area (Å²) < 4.78 is 11.1. The van der Waals surface area contributed by atoms with Gasteiger partial charge in [-0.05, 0) is 107 Å². The van der Waals surface area contributed by atoms with Crippen LogP contribution in [0.1, 0.15) is 110 Å². The topological polar surface area (TPSA) is 78.4 Å². The molecule has 0 aliphatic heterocycles. The Morgan fingerprint density at radius 2 is 1.54 bits per heavy atom. The van der Waals surface area contributed by atoms with Crippen LogP contribution in [0.4, 0.5) is 0 Å². The van der Waals surface area contributed by atoms with Crippen molar-refractivity contribution >= 4 is 23.1 Å². The van der Waals surface area contributed by atoms with Gasteiger partial charge < -0.3 is 9.47 Å². The van der Waals surface area contributed by atoms with E-state index in [1.54, 1.807) is 11.3 Å². The van der Waals surface area contributed by atoms with E-state index < -0.39 is 5.60 Å². The van der Waals surface area contributed by atoms with Crippen LogP contribution in [0.3, 0.4) is 0 Å². The van der Waals surface area contributed by atoms with Gasteiger partial charge in [0.2, 0.25) is 0 Å². The number of rotatable bonds is 9. The number of nitrogens with zero attached hydrogens (tertiary/aromatic N) is 2. The monoisotopic (exact) mass is 552 g/mol. The quantitative estimate of drug-likeness (QED) is 0.247. The molecule has 4 atom stereocenters. The number of carbonyl (C=O) groups is 2. The van der Waals surface area contributed by atoms with Crippen LogP contribution in [0.5, 0.6) is 0 Å². The number of aromatic nitrogens is 2. The van der Waals surface area contributed by atoms with E-state index in [1.165, 1.54) is 31.2 Å². The molecule has 3 fully saturated rings. The van der Waals surface area contributed by atoms with Gasteiger partial charge in [-0.25, -0.2) is 0 Å². The number of methoxy groups -OCH3 is 1. The summed E-state index contributed by atoms with van der Waals surface area (Å²) in [7, 11) is 1.84. The van der Waals surface area contributed by atoms with E-state index in [9.17, 15) is 9.59 Å². The van der Waals surface area contributed by atoms with Crippen LogP contribution in [0, 0.1) is 23.7 Å². The summed E-state index contributed by atoms with van der Waals surface area (Å²) in [6.07, 6.45) is 11.5. The largest absolute Gasteiger partial charge is 0.460 e. The molecule has 0 amide bonds. The van der Waals surface area contributed by atoms with E-state index in [0.717, 1.165) is 59.5 Å². The van der Waals surface area contributed by atoms with Gasteiger partial charge in [0.25, 0.3) is 0 Å². The van der Waals surface area contributed by atoms with E-state index in [1.807, 2.05) is 40.0 Å². The van der Waals surface area contributed by atoms with Crippen LogP contribution >= 0.6 is 11.3 Å². The number of hydrogen-bond donors (Lipinski definition) is 0. The molecule has 0 saturated heterocycles. The number of Topliss-reactive ketones (excluding diaryl/α,β-unsaturated/α-hetero) is 1. The Bertz CT molecular complexity index is 1120. The minimum Gasteiger partial charge on any atom is -0.460 e. The third kappa shape index (κ3) is 7.55. The van der Waals surface area contributed by atoms with Gasteiger partial charge in [-0.1, -0.05) is 24.3 Å². The first kappa shape index (κ1) is 28.4. The van der Waals surface area contributed by atoms with Crippen LogP contribution in [0.15, 0.2) is 24.3 Å². The van der Waals surface area contributed by atoms with Crippen LogP contribution < -0.4 is 0 Å². The summed E-state index contributed by atoms with van der Waals surface area (Å²) in [6.45, 7) is 5.75. The normalized spacial score (nSPS) is 28.8. The summed E-state index contributed by atoms with van der Waals surface area (Å²) in [4.78, 5) is 25.2. The molecule has 0 bridgehead atoms. The molecule has 7 heteroatoms. The first-order valence-corrected chi connectivity index (χ1v) is 15.7. The molecule has 2 aromatic rings. The van der Waals surface area contributed by atoms with Gasteiger partial charge in [-0.15, -0.1) is 21.5 Å². The second-order valence-electron chi connectivity index (χ2n) is 13.2. The maximum Gasteiger partial charge on any atom is 0.306 e. The zero-order chi connectivity index (χ0) is 27.6. The van der Waals surface area contributed by atoms with Crippen molar-refractivity contribution in [3.8, 4) is 0 Å². The molecule has 212 valence electrons. The Labute approximate surface area is 237 Å². The fraction of sp³-hybridized carbons (Fsp3) is 0.688. The second-order valence-corrected chi connectivity index (χ2v) is 14.4. The van der Waals surface area contributed by atoms with Gasteiger partial charge >= 0.3 is 5.97 Å². The molecule has 1 aromatic heterocycles. The van der Waals surface area contributed by atoms with Crippen LogP contribution in [-0.2, 0) is 27.1 Å². The average molecular weight is 553 g/mol. The molecular formula is C32H44N2O4S. The second kappa shape index (κ2) is 12.2. The van der Waals surface area contributed by atoms with Crippen molar-refractivity contribution < 1.29 is 19.1 Å².